The third-order valence-corrected chi connectivity index (χ3v) is 3.48. The maximum atomic E-state index is 13.6. The third-order valence-electron chi connectivity index (χ3n) is 3.48. The summed E-state index contributed by atoms with van der Waals surface area (Å²) < 4.78 is 32.7. The zero-order valence-electron chi connectivity index (χ0n) is 12.0. The number of ether oxygens (including phenoxy) is 1. The lowest BCUT2D eigenvalue weighted by Crippen LogP contribution is -2.45. The van der Waals surface area contributed by atoms with Crippen LogP contribution in [-0.4, -0.2) is 24.2 Å². The van der Waals surface area contributed by atoms with E-state index in [1.807, 2.05) is 19.3 Å². The van der Waals surface area contributed by atoms with Crippen molar-refractivity contribution in [1.29, 1.82) is 0 Å². The van der Waals surface area contributed by atoms with Gasteiger partial charge in [0.05, 0.1) is 5.60 Å². The minimum atomic E-state index is -0.907. The van der Waals surface area contributed by atoms with E-state index >= 15 is 0 Å². The molecule has 0 aromatic heterocycles. The van der Waals surface area contributed by atoms with Crippen molar-refractivity contribution in [3.05, 3.63) is 29.3 Å². The number of hydrazine groups is 1. The van der Waals surface area contributed by atoms with Crippen molar-refractivity contribution >= 4 is 11.6 Å². The van der Waals surface area contributed by atoms with Crippen LogP contribution in [-0.2, 0) is 4.74 Å². The molecule has 21 heavy (non-hydrogen) atoms. The van der Waals surface area contributed by atoms with Crippen LogP contribution in [0.1, 0.15) is 37.0 Å². The maximum absolute atomic E-state index is 13.6. The van der Waals surface area contributed by atoms with E-state index in [4.69, 9.17) is 10.6 Å². The van der Waals surface area contributed by atoms with Gasteiger partial charge in [-0.15, -0.1) is 0 Å². The Morgan fingerprint density at radius 3 is 2.52 bits per heavy atom. The molecule has 1 unspecified atom stereocenters. The monoisotopic (exact) mass is 299 g/mol. The second kappa shape index (κ2) is 5.95. The summed E-state index contributed by atoms with van der Waals surface area (Å²) in [7, 11) is 0. The zero-order chi connectivity index (χ0) is 15.6. The lowest BCUT2D eigenvalue weighted by atomic mass is 9.94. The Bertz CT molecular complexity index is 526. The van der Waals surface area contributed by atoms with Crippen molar-refractivity contribution in [1.82, 2.24) is 5.32 Å². The van der Waals surface area contributed by atoms with Crippen LogP contribution >= 0.6 is 0 Å². The summed E-state index contributed by atoms with van der Waals surface area (Å²) in [6, 6.07) is 1.83. The second-order valence-corrected chi connectivity index (χ2v) is 5.73. The Morgan fingerprint density at radius 1 is 1.38 bits per heavy atom. The van der Waals surface area contributed by atoms with Crippen molar-refractivity contribution < 1.29 is 18.3 Å². The standard InChI is InChI=1S/C14H19F2N3O2/c1-14(2)7-9(3-4-21-14)18-13(20)8-5-10(15)12(19-17)11(16)6-8/h5-6,9,19H,3-4,7,17H2,1-2H3,(H,18,20). The predicted octanol–water partition coefficient (Wildman–Crippen LogP) is 1.94. The number of rotatable bonds is 3. The Morgan fingerprint density at radius 2 is 2.00 bits per heavy atom. The van der Waals surface area contributed by atoms with Gasteiger partial charge in [0.15, 0.2) is 11.6 Å². The van der Waals surface area contributed by atoms with E-state index in [2.05, 4.69) is 5.32 Å². The summed E-state index contributed by atoms with van der Waals surface area (Å²) in [4.78, 5) is 12.1. The number of benzene rings is 1. The van der Waals surface area contributed by atoms with Crippen LogP contribution in [0.5, 0.6) is 0 Å². The Kier molecular flexibility index (Phi) is 4.43. The molecule has 1 atom stereocenters. The van der Waals surface area contributed by atoms with Crippen molar-refractivity contribution in [3.63, 3.8) is 0 Å². The summed E-state index contributed by atoms with van der Waals surface area (Å²) in [5.74, 6) is 2.68. The first-order valence-electron chi connectivity index (χ1n) is 6.73. The molecule has 0 saturated carbocycles. The lowest BCUT2D eigenvalue weighted by molar-refractivity contribution is -0.0615. The lowest BCUT2D eigenvalue weighted by Gasteiger charge is -2.35. The predicted molar refractivity (Wildman–Crippen MR) is 74.7 cm³/mol. The van der Waals surface area contributed by atoms with Crippen molar-refractivity contribution in [2.75, 3.05) is 12.0 Å². The average molecular weight is 299 g/mol. The van der Waals surface area contributed by atoms with Crippen LogP contribution in [0, 0.1) is 11.6 Å². The highest BCUT2D eigenvalue weighted by Gasteiger charge is 2.30. The van der Waals surface area contributed by atoms with Gasteiger partial charge in [-0.05, 0) is 38.8 Å². The normalized spacial score (nSPS) is 20.9. The maximum Gasteiger partial charge on any atom is 0.251 e. The highest BCUT2D eigenvalue weighted by Crippen LogP contribution is 2.25. The number of amides is 1. The van der Waals surface area contributed by atoms with Crippen LogP contribution in [0.2, 0.25) is 0 Å². The second-order valence-electron chi connectivity index (χ2n) is 5.73. The summed E-state index contributed by atoms with van der Waals surface area (Å²) >= 11 is 0. The fourth-order valence-electron chi connectivity index (χ4n) is 2.47. The molecule has 1 saturated heterocycles. The largest absolute Gasteiger partial charge is 0.375 e. The number of anilines is 1. The molecule has 1 aromatic carbocycles. The van der Waals surface area contributed by atoms with Gasteiger partial charge in [0.2, 0.25) is 0 Å². The summed E-state index contributed by atoms with van der Waals surface area (Å²) in [6.45, 7) is 4.41. The molecule has 4 N–H and O–H groups in total. The number of hydrogen-bond acceptors (Lipinski definition) is 4. The molecule has 0 aliphatic carbocycles. The minimum absolute atomic E-state index is 0.0757. The van der Waals surface area contributed by atoms with E-state index in [9.17, 15) is 13.6 Å². The van der Waals surface area contributed by atoms with Gasteiger partial charge in [-0.1, -0.05) is 0 Å². The molecular formula is C14H19F2N3O2. The molecule has 5 nitrogen and oxygen atoms in total. The Hall–Kier alpha value is -1.73. The number of carbonyl (C=O) groups excluding carboxylic acids is 1. The number of halogens is 2. The number of nitrogens with two attached hydrogens (primary N) is 1. The number of nitrogens with one attached hydrogen (secondary N) is 2. The quantitative estimate of drug-likeness (QED) is 0.589. The molecule has 0 spiro atoms. The molecule has 1 aliphatic rings. The molecule has 1 fully saturated rings. The van der Waals surface area contributed by atoms with Crippen LogP contribution in [0.15, 0.2) is 12.1 Å². The van der Waals surface area contributed by atoms with Gasteiger partial charge in [0.1, 0.15) is 5.69 Å². The highest BCUT2D eigenvalue weighted by atomic mass is 19.1. The van der Waals surface area contributed by atoms with E-state index in [-0.39, 0.29) is 17.2 Å². The molecular weight excluding hydrogens is 280 g/mol. The van der Waals surface area contributed by atoms with Gasteiger partial charge in [-0.2, -0.15) is 0 Å². The summed E-state index contributed by atoms with van der Waals surface area (Å²) in [6.07, 6.45) is 1.31. The fraction of sp³-hybridized carbons (Fsp3) is 0.500. The van der Waals surface area contributed by atoms with Crippen molar-refractivity contribution in [2.24, 2.45) is 5.84 Å². The number of hydrogen-bond donors (Lipinski definition) is 3. The van der Waals surface area contributed by atoms with Gasteiger partial charge < -0.3 is 15.5 Å². The molecule has 0 radical (unpaired) electrons. The van der Waals surface area contributed by atoms with Gasteiger partial charge in [-0.25, -0.2) is 8.78 Å². The summed E-state index contributed by atoms with van der Waals surface area (Å²) in [5, 5.41) is 2.78. The van der Waals surface area contributed by atoms with Gasteiger partial charge in [0.25, 0.3) is 5.91 Å². The van der Waals surface area contributed by atoms with Crippen molar-refractivity contribution in [3.8, 4) is 0 Å². The smallest absolute Gasteiger partial charge is 0.251 e. The van der Waals surface area contributed by atoms with Gasteiger partial charge >= 0.3 is 0 Å². The van der Waals surface area contributed by atoms with Crippen LogP contribution in [0.25, 0.3) is 0 Å². The molecule has 116 valence electrons. The third kappa shape index (κ3) is 3.68. The van der Waals surface area contributed by atoms with Gasteiger partial charge in [-0.3, -0.25) is 10.6 Å². The first kappa shape index (κ1) is 15.7. The van der Waals surface area contributed by atoms with E-state index in [1.54, 1.807) is 0 Å². The molecule has 1 aliphatic heterocycles. The van der Waals surface area contributed by atoms with E-state index in [0.29, 0.717) is 19.4 Å². The molecule has 2 rings (SSSR count). The topological polar surface area (TPSA) is 76.4 Å². The van der Waals surface area contributed by atoms with Crippen molar-refractivity contribution in [2.45, 2.75) is 38.3 Å². The van der Waals surface area contributed by atoms with E-state index in [0.717, 1.165) is 12.1 Å². The molecule has 0 bridgehead atoms. The molecule has 1 heterocycles. The molecule has 7 heteroatoms. The Balaban J connectivity index is 2.10. The highest BCUT2D eigenvalue weighted by molar-refractivity contribution is 5.94. The number of carbonyl (C=O) groups is 1. The SMILES string of the molecule is CC1(C)CC(NC(=O)c2cc(F)c(NN)c(F)c2)CCO1. The minimum Gasteiger partial charge on any atom is -0.375 e. The van der Waals surface area contributed by atoms with E-state index in [1.165, 1.54) is 0 Å². The zero-order valence-corrected chi connectivity index (χ0v) is 12.0. The first-order chi connectivity index (χ1) is 9.82. The van der Waals surface area contributed by atoms with Crippen LogP contribution in [0.4, 0.5) is 14.5 Å². The summed E-state index contributed by atoms with van der Waals surface area (Å²) in [5.41, 5.74) is 1.07. The molecule has 1 aromatic rings. The first-order valence-corrected chi connectivity index (χ1v) is 6.73. The number of nitrogen functional groups attached to an aromatic ring is 1. The van der Waals surface area contributed by atoms with Gasteiger partial charge in [0, 0.05) is 18.2 Å². The Labute approximate surface area is 121 Å². The van der Waals surface area contributed by atoms with E-state index < -0.39 is 23.2 Å². The van der Waals surface area contributed by atoms with Crippen LogP contribution < -0.4 is 16.6 Å². The van der Waals surface area contributed by atoms with Crippen LogP contribution in [0.3, 0.4) is 0 Å². The average Bonchev–Trinajstić information content (AvgIpc) is 2.37. The fourth-order valence-corrected chi connectivity index (χ4v) is 2.47. The molecule has 1 amide bonds.